The van der Waals surface area contributed by atoms with Gasteiger partial charge in [0.2, 0.25) is 0 Å². The van der Waals surface area contributed by atoms with Crippen LogP contribution in [0, 0.1) is 11.8 Å². The molecule has 14 heavy (non-hydrogen) atoms. The summed E-state index contributed by atoms with van der Waals surface area (Å²) >= 11 is 5.79. The van der Waals surface area contributed by atoms with Crippen LogP contribution >= 0.6 is 11.6 Å². The van der Waals surface area contributed by atoms with E-state index in [0.717, 1.165) is 0 Å². The lowest BCUT2D eigenvalue weighted by molar-refractivity contribution is 0.0600. The van der Waals surface area contributed by atoms with Crippen LogP contribution in [0.5, 0.6) is 0 Å². The Labute approximate surface area is 85.8 Å². The molecule has 0 fully saturated rings. The molecule has 0 aromatic heterocycles. The lowest BCUT2D eigenvalue weighted by atomic mass is 10.1. The van der Waals surface area contributed by atoms with E-state index in [2.05, 4.69) is 9.91 Å². The monoisotopic (exact) mass is 213 g/mol. The molecule has 0 heterocycles. The third kappa shape index (κ3) is 1.90. The number of ether oxygens (including phenoxy) is 1. The van der Waals surface area contributed by atoms with Crippen molar-refractivity contribution < 1.29 is 9.53 Å². The number of aryl methyl sites for hydroxylation is 1. The molecule has 0 N–H and O–H groups in total. The fourth-order valence-corrected chi connectivity index (χ4v) is 1.48. The van der Waals surface area contributed by atoms with Crippen LogP contribution in [0.2, 0.25) is 5.02 Å². The number of halogens is 1. The molecule has 0 radical (unpaired) electrons. The van der Waals surface area contributed by atoms with Crippen molar-refractivity contribution in [2.75, 3.05) is 7.11 Å². The molecule has 0 atom stereocenters. The summed E-state index contributed by atoms with van der Waals surface area (Å²) in [6.45, 7) is 1.66. The summed E-state index contributed by atoms with van der Waals surface area (Å²) in [5.74, 6) is -0.523. The average Bonchev–Trinajstić information content (AvgIpc) is 2.16. The van der Waals surface area contributed by atoms with Gasteiger partial charge < -0.3 is 4.74 Å². The number of benzene rings is 1. The summed E-state index contributed by atoms with van der Waals surface area (Å²) in [5, 5.41) is 2.90. The number of nitroso groups, excluding NO2 is 1. The minimum atomic E-state index is -0.523. The van der Waals surface area contributed by atoms with E-state index < -0.39 is 5.97 Å². The van der Waals surface area contributed by atoms with Gasteiger partial charge in [-0.3, -0.25) is 0 Å². The number of carbonyl (C=O) groups is 1. The second-order valence-corrected chi connectivity index (χ2v) is 3.11. The van der Waals surface area contributed by atoms with Crippen molar-refractivity contribution in [2.45, 2.75) is 6.92 Å². The summed E-state index contributed by atoms with van der Waals surface area (Å²) < 4.78 is 4.54. The van der Waals surface area contributed by atoms with Gasteiger partial charge in [-0.05, 0) is 29.8 Å². The van der Waals surface area contributed by atoms with Crippen molar-refractivity contribution in [3.8, 4) is 0 Å². The number of hydrogen-bond donors (Lipinski definition) is 0. The molecular weight excluding hydrogens is 206 g/mol. The van der Waals surface area contributed by atoms with E-state index in [1.807, 2.05) is 0 Å². The Bertz CT molecular complexity index is 367. The van der Waals surface area contributed by atoms with Crippen LogP contribution in [0.25, 0.3) is 0 Å². The van der Waals surface area contributed by atoms with Crippen LogP contribution < -0.4 is 0 Å². The van der Waals surface area contributed by atoms with E-state index in [9.17, 15) is 9.70 Å². The first-order chi connectivity index (χ1) is 6.60. The Hall–Kier alpha value is -1.42. The molecule has 0 aliphatic carbocycles. The predicted molar refractivity (Wildman–Crippen MR) is 53.0 cm³/mol. The van der Waals surface area contributed by atoms with E-state index in [1.54, 1.807) is 6.92 Å². The molecular formula is C9H8ClNO3. The van der Waals surface area contributed by atoms with Crippen LogP contribution in [-0.2, 0) is 4.74 Å². The van der Waals surface area contributed by atoms with E-state index in [4.69, 9.17) is 11.6 Å². The summed E-state index contributed by atoms with van der Waals surface area (Å²) in [6.07, 6.45) is 0. The molecule has 0 unspecified atom stereocenters. The number of hydrogen-bond acceptors (Lipinski definition) is 4. The third-order valence-electron chi connectivity index (χ3n) is 1.77. The largest absolute Gasteiger partial charge is 0.465 e. The van der Waals surface area contributed by atoms with Crippen molar-refractivity contribution in [1.29, 1.82) is 0 Å². The van der Waals surface area contributed by atoms with E-state index in [0.29, 0.717) is 5.56 Å². The zero-order valence-corrected chi connectivity index (χ0v) is 8.46. The average molecular weight is 214 g/mol. The maximum atomic E-state index is 11.2. The molecule has 1 aromatic rings. The molecule has 0 aliphatic heterocycles. The smallest absolute Gasteiger partial charge is 0.339 e. The second-order valence-electron chi connectivity index (χ2n) is 2.70. The Balaban J connectivity index is 3.31. The van der Waals surface area contributed by atoms with Gasteiger partial charge in [0.05, 0.1) is 17.7 Å². The van der Waals surface area contributed by atoms with Crippen LogP contribution in [0.1, 0.15) is 15.9 Å². The van der Waals surface area contributed by atoms with Gasteiger partial charge in [-0.15, -0.1) is 4.91 Å². The highest BCUT2D eigenvalue weighted by molar-refractivity contribution is 6.34. The van der Waals surface area contributed by atoms with Crippen molar-refractivity contribution in [2.24, 2.45) is 5.18 Å². The quantitative estimate of drug-likeness (QED) is 0.561. The first-order valence-electron chi connectivity index (χ1n) is 3.82. The Morgan fingerprint density at radius 3 is 2.57 bits per heavy atom. The number of carbonyl (C=O) groups excluding carboxylic acids is 1. The molecule has 1 aromatic carbocycles. The van der Waals surface area contributed by atoms with Crippen molar-refractivity contribution >= 4 is 23.3 Å². The third-order valence-corrected chi connectivity index (χ3v) is 2.07. The minimum Gasteiger partial charge on any atom is -0.465 e. The number of rotatable bonds is 2. The lowest BCUT2D eigenvalue weighted by Gasteiger charge is -2.05. The molecule has 74 valence electrons. The predicted octanol–water partition coefficient (Wildman–Crippen LogP) is 2.83. The summed E-state index contributed by atoms with van der Waals surface area (Å²) in [6, 6.07) is 2.80. The SMILES string of the molecule is COC(=O)c1c(C)cc(N=O)cc1Cl. The van der Waals surface area contributed by atoms with Crippen molar-refractivity contribution in [1.82, 2.24) is 0 Å². The molecule has 0 spiro atoms. The highest BCUT2D eigenvalue weighted by Crippen LogP contribution is 2.26. The van der Waals surface area contributed by atoms with Gasteiger partial charge in [-0.2, -0.15) is 0 Å². The van der Waals surface area contributed by atoms with Crippen LogP contribution in [-0.4, -0.2) is 13.1 Å². The van der Waals surface area contributed by atoms with Gasteiger partial charge in [0.1, 0.15) is 5.69 Å². The molecule has 4 nitrogen and oxygen atoms in total. The Morgan fingerprint density at radius 1 is 1.50 bits per heavy atom. The van der Waals surface area contributed by atoms with Gasteiger partial charge in [0.25, 0.3) is 0 Å². The van der Waals surface area contributed by atoms with Gasteiger partial charge in [0.15, 0.2) is 0 Å². The lowest BCUT2D eigenvalue weighted by Crippen LogP contribution is -2.04. The zero-order chi connectivity index (χ0) is 10.7. The Kier molecular flexibility index (Phi) is 3.19. The van der Waals surface area contributed by atoms with Gasteiger partial charge in [0, 0.05) is 0 Å². The van der Waals surface area contributed by atoms with Crippen LogP contribution in [0.4, 0.5) is 5.69 Å². The fourth-order valence-electron chi connectivity index (χ4n) is 1.14. The second kappa shape index (κ2) is 4.19. The standard InChI is InChI=1S/C9H8ClNO3/c1-5-3-6(11-13)4-7(10)8(5)9(12)14-2/h3-4H,1-2H3. The molecule has 0 bridgehead atoms. The first kappa shape index (κ1) is 10.7. The van der Waals surface area contributed by atoms with Crippen LogP contribution in [0.15, 0.2) is 17.3 Å². The van der Waals surface area contributed by atoms with Gasteiger partial charge in [-0.1, -0.05) is 11.6 Å². The summed E-state index contributed by atoms with van der Waals surface area (Å²) in [7, 11) is 1.27. The van der Waals surface area contributed by atoms with Crippen molar-refractivity contribution in [3.63, 3.8) is 0 Å². The molecule has 0 saturated carbocycles. The van der Waals surface area contributed by atoms with Crippen molar-refractivity contribution in [3.05, 3.63) is 33.2 Å². The molecule has 0 amide bonds. The van der Waals surface area contributed by atoms with Gasteiger partial charge >= 0.3 is 5.97 Å². The normalized spacial score (nSPS) is 9.64. The van der Waals surface area contributed by atoms with Crippen LogP contribution in [0.3, 0.4) is 0 Å². The highest BCUT2D eigenvalue weighted by atomic mass is 35.5. The van der Waals surface area contributed by atoms with E-state index in [1.165, 1.54) is 19.2 Å². The first-order valence-corrected chi connectivity index (χ1v) is 4.19. The summed E-state index contributed by atoms with van der Waals surface area (Å²) in [5.41, 5.74) is 1.03. The summed E-state index contributed by atoms with van der Waals surface area (Å²) in [4.78, 5) is 21.5. The maximum Gasteiger partial charge on any atom is 0.339 e. The van der Waals surface area contributed by atoms with E-state index >= 15 is 0 Å². The number of nitrogens with zero attached hydrogens (tertiary/aromatic N) is 1. The Morgan fingerprint density at radius 2 is 2.14 bits per heavy atom. The van der Waals surface area contributed by atoms with E-state index in [-0.39, 0.29) is 16.3 Å². The topological polar surface area (TPSA) is 55.7 Å². The molecule has 1 rings (SSSR count). The maximum absolute atomic E-state index is 11.2. The zero-order valence-electron chi connectivity index (χ0n) is 7.70. The molecule has 5 heteroatoms. The van der Waals surface area contributed by atoms with Gasteiger partial charge in [-0.25, -0.2) is 4.79 Å². The molecule has 0 saturated heterocycles. The fraction of sp³-hybridized carbons (Fsp3) is 0.222. The molecule has 0 aliphatic rings. The minimum absolute atomic E-state index is 0.173. The highest BCUT2D eigenvalue weighted by Gasteiger charge is 2.15. The number of esters is 1. The number of methoxy groups -OCH3 is 1.